The van der Waals surface area contributed by atoms with Crippen LogP contribution in [-0.4, -0.2) is 35.2 Å². The van der Waals surface area contributed by atoms with Gasteiger partial charge in [0.05, 0.1) is 6.54 Å². The molecule has 5 nitrogen and oxygen atoms in total. The van der Waals surface area contributed by atoms with Gasteiger partial charge in [0.1, 0.15) is 5.82 Å². The molecule has 22 heavy (non-hydrogen) atoms. The van der Waals surface area contributed by atoms with Gasteiger partial charge >= 0.3 is 0 Å². The first-order chi connectivity index (χ1) is 9.89. The molecular formula is C15H22ClFN4O. The molecule has 0 saturated carbocycles. The minimum absolute atomic E-state index is 0. The Balaban J connectivity index is 0.00000242. The molecule has 2 N–H and O–H groups in total. The van der Waals surface area contributed by atoms with Gasteiger partial charge in [-0.2, -0.15) is 4.98 Å². The standard InChI is InChI=1S/C15H21FN4O.ClH/c1-15(2,9-17)10-20(3)8-13-18-14(19-21-13)11-4-6-12(16)7-5-11;/h4-7H,8-10,17H2,1-3H3;1H. The summed E-state index contributed by atoms with van der Waals surface area (Å²) in [7, 11) is 1.99. The fourth-order valence-corrected chi connectivity index (χ4v) is 2.12. The lowest BCUT2D eigenvalue weighted by Crippen LogP contribution is -2.36. The SMILES string of the molecule is CN(Cc1nc(-c2ccc(F)cc2)no1)CC(C)(C)CN.Cl. The van der Waals surface area contributed by atoms with E-state index >= 15 is 0 Å². The van der Waals surface area contributed by atoms with Crippen molar-refractivity contribution in [3.8, 4) is 11.4 Å². The third kappa shape index (κ3) is 5.05. The van der Waals surface area contributed by atoms with Gasteiger partial charge in [-0.05, 0) is 43.3 Å². The quantitative estimate of drug-likeness (QED) is 0.883. The maximum atomic E-state index is 12.9. The third-order valence-electron chi connectivity index (χ3n) is 3.23. The molecule has 1 heterocycles. The molecule has 0 spiro atoms. The lowest BCUT2D eigenvalue weighted by molar-refractivity contribution is 0.189. The molecule has 0 fully saturated rings. The van der Waals surface area contributed by atoms with Crippen LogP contribution in [0, 0.1) is 11.2 Å². The molecule has 0 radical (unpaired) electrons. The van der Waals surface area contributed by atoms with Crippen LogP contribution in [0.4, 0.5) is 4.39 Å². The van der Waals surface area contributed by atoms with Gasteiger partial charge in [-0.3, -0.25) is 4.90 Å². The Morgan fingerprint density at radius 2 is 1.91 bits per heavy atom. The van der Waals surface area contributed by atoms with Gasteiger partial charge in [0, 0.05) is 12.1 Å². The molecule has 0 aliphatic carbocycles. The Hall–Kier alpha value is -1.50. The zero-order valence-electron chi connectivity index (χ0n) is 13.0. The van der Waals surface area contributed by atoms with E-state index in [4.69, 9.17) is 10.3 Å². The molecule has 2 rings (SSSR count). The van der Waals surface area contributed by atoms with Crippen molar-refractivity contribution in [2.75, 3.05) is 20.1 Å². The molecule has 0 aliphatic rings. The van der Waals surface area contributed by atoms with Crippen LogP contribution in [0.5, 0.6) is 0 Å². The van der Waals surface area contributed by atoms with Gasteiger partial charge in [-0.1, -0.05) is 19.0 Å². The van der Waals surface area contributed by atoms with Crippen LogP contribution in [-0.2, 0) is 6.54 Å². The third-order valence-corrected chi connectivity index (χ3v) is 3.23. The summed E-state index contributed by atoms with van der Waals surface area (Å²) in [5.41, 5.74) is 6.50. The van der Waals surface area contributed by atoms with Crippen LogP contribution in [0.1, 0.15) is 19.7 Å². The average Bonchev–Trinajstić information content (AvgIpc) is 2.87. The minimum atomic E-state index is -0.286. The van der Waals surface area contributed by atoms with E-state index in [1.807, 2.05) is 7.05 Å². The fourth-order valence-electron chi connectivity index (χ4n) is 2.12. The molecule has 2 aromatic rings. The summed E-state index contributed by atoms with van der Waals surface area (Å²) < 4.78 is 18.1. The van der Waals surface area contributed by atoms with Crippen molar-refractivity contribution >= 4 is 12.4 Å². The van der Waals surface area contributed by atoms with Crippen molar-refractivity contribution in [2.45, 2.75) is 20.4 Å². The van der Waals surface area contributed by atoms with E-state index < -0.39 is 0 Å². The number of hydrogen-bond acceptors (Lipinski definition) is 5. The van der Waals surface area contributed by atoms with Gasteiger partial charge in [-0.15, -0.1) is 12.4 Å². The van der Waals surface area contributed by atoms with E-state index in [-0.39, 0.29) is 23.6 Å². The van der Waals surface area contributed by atoms with E-state index in [0.717, 1.165) is 12.1 Å². The molecule has 1 aromatic carbocycles. The van der Waals surface area contributed by atoms with Gasteiger partial charge in [0.2, 0.25) is 11.7 Å². The zero-order chi connectivity index (χ0) is 15.5. The largest absolute Gasteiger partial charge is 0.338 e. The zero-order valence-corrected chi connectivity index (χ0v) is 13.9. The highest BCUT2D eigenvalue weighted by Crippen LogP contribution is 2.18. The molecule has 0 atom stereocenters. The highest BCUT2D eigenvalue weighted by Gasteiger charge is 2.19. The highest BCUT2D eigenvalue weighted by molar-refractivity contribution is 5.85. The predicted molar refractivity (Wildman–Crippen MR) is 86.1 cm³/mol. The van der Waals surface area contributed by atoms with Crippen LogP contribution in [0.2, 0.25) is 0 Å². The maximum absolute atomic E-state index is 12.9. The first-order valence-corrected chi connectivity index (χ1v) is 6.87. The molecule has 0 saturated heterocycles. The van der Waals surface area contributed by atoms with E-state index in [9.17, 15) is 4.39 Å². The number of hydrogen-bond donors (Lipinski definition) is 1. The minimum Gasteiger partial charge on any atom is -0.338 e. The number of nitrogens with zero attached hydrogens (tertiary/aromatic N) is 3. The van der Waals surface area contributed by atoms with Crippen molar-refractivity contribution < 1.29 is 8.91 Å². The summed E-state index contributed by atoms with van der Waals surface area (Å²) in [6, 6.07) is 6.01. The van der Waals surface area contributed by atoms with Crippen LogP contribution in [0.3, 0.4) is 0 Å². The molecule has 0 amide bonds. The van der Waals surface area contributed by atoms with Crippen LogP contribution in [0.25, 0.3) is 11.4 Å². The van der Waals surface area contributed by atoms with Gasteiger partial charge < -0.3 is 10.3 Å². The second-order valence-electron chi connectivity index (χ2n) is 6.06. The normalized spacial score (nSPS) is 11.5. The summed E-state index contributed by atoms with van der Waals surface area (Å²) >= 11 is 0. The van der Waals surface area contributed by atoms with Crippen molar-refractivity contribution in [1.29, 1.82) is 0 Å². The number of rotatable bonds is 6. The fraction of sp³-hybridized carbons (Fsp3) is 0.467. The average molecular weight is 329 g/mol. The highest BCUT2D eigenvalue weighted by atomic mass is 35.5. The van der Waals surface area contributed by atoms with E-state index in [1.54, 1.807) is 12.1 Å². The monoisotopic (exact) mass is 328 g/mol. The van der Waals surface area contributed by atoms with E-state index in [0.29, 0.717) is 24.8 Å². The van der Waals surface area contributed by atoms with Crippen molar-refractivity contribution in [3.63, 3.8) is 0 Å². The molecule has 0 aliphatic heterocycles. The lowest BCUT2D eigenvalue weighted by atomic mass is 9.93. The molecule has 0 unspecified atom stereocenters. The summed E-state index contributed by atoms with van der Waals surface area (Å²) in [5.74, 6) is 0.715. The Morgan fingerprint density at radius 1 is 1.27 bits per heavy atom. The van der Waals surface area contributed by atoms with Crippen molar-refractivity contribution in [2.24, 2.45) is 11.1 Å². The smallest absolute Gasteiger partial charge is 0.241 e. The molecule has 0 bridgehead atoms. The van der Waals surface area contributed by atoms with Crippen molar-refractivity contribution in [3.05, 3.63) is 36.0 Å². The maximum Gasteiger partial charge on any atom is 0.241 e. The topological polar surface area (TPSA) is 68.2 Å². The predicted octanol–water partition coefficient (Wildman–Crippen LogP) is 2.71. The van der Waals surface area contributed by atoms with Crippen LogP contribution < -0.4 is 5.73 Å². The lowest BCUT2D eigenvalue weighted by Gasteiger charge is -2.27. The van der Waals surface area contributed by atoms with E-state index in [2.05, 4.69) is 28.9 Å². The van der Waals surface area contributed by atoms with E-state index in [1.165, 1.54) is 12.1 Å². The number of aromatic nitrogens is 2. The van der Waals surface area contributed by atoms with Gasteiger partial charge in [0.15, 0.2) is 0 Å². The molecule has 1 aromatic heterocycles. The Bertz CT molecular complexity index is 585. The first kappa shape index (κ1) is 18.5. The molecular weight excluding hydrogens is 307 g/mol. The van der Waals surface area contributed by atoms with Crippen LogP contribution in [0.15, 0.2) is 28.8 Å². The summed E-state index contributed by atoms with van der Waals surface area (Å²) in [5, 5.41) is 3.93. The van der Waals surface area contributed by atoms with Crippen LogP contribution >= 0.6 is 12.4 Å². The summed E-state index contributed by atoms with van der Waals surface area (Å²) in [4.78, 5) is 6.42. The summed E-state index contributed by atoms with van der Waals surface area (Å²) in [6.45, 7) is 6.22. The Kier molecular flexibility index (Phi) is 6.47. The molecule has 7 heteroatoms. The first-order valence-electron chi connectivity index (χ1n) is 6.87. The van der Waals surface area contributed by atoms with Gasteiger partial charge in [0.25, 0.3) is 0 Å². The van der Waals surface area contributed by atoms with Gasteiger partial charge in [-0.25, -0.2) is 4.39 Å². The second kappa shape index (κ2) is 7.67. The summed E-state index contributed by atoms with van der Waals surface area (Å²) in [6.07, 6.45) is 0. The Labute approximate surface area is 136 Å². The second-order valence-corrected chi connectivity index (χ2v) is 6.06. The van der Waals surface area contributed by atoms with Crippen molar-refractivity contribution in [1.82, 2.24) is 15.0 Å². The number of benzene rings is 1. The number of halogens is 2. The number of nitrogens with two attached hydrogens (primary N) is 1. The molecule has 122 valence electrons. The Morgan fingerprint density at radius 3 is 2.50 bits per heavy atom.